The average molecular weight is 185 g/mol. The summed E-state index contributed by atoms with van der Waals surface area (Å²) in [7, 11) is 0. The third-order valence-electron chi connectivity index (χ3n) is 2.29. The third-order valence-corrected chi connectivity index (χ3v) is 2.29. The first-order valence-electron chi connectivity index (χ1n) is 4.35. The number of nitrogens with zero attached hydrogens (tertiary/aromatic N) is 2. The standard InChI is InChI=1S/C10H7N3O/c14-9-5-6-13-8-4-2-1-3-7(8)11-10(13)12-9/h1-4H,6H2,(H,11,12,14). The number of benzene rings is 1. The van der Waals surface area contributed by atoms with E-state index in [1.54, 1.807) is 0 Å². The molecule has 2 aliphatic rings. The van der Waals surface area contributed by atoms with E-state index in [1.807, 2.05) is 29.2 Å². The van der Waals surface area contributed by atoms with Gasteiger partial charge in [-0.05, 0) is 12.1 Å². The van der Waals surface area contributed by atoms with E-state index in [4.69, 9.17) is 0 Å². The highest BCUT2D eigenvalue weighted by atomic mass is 16.1. The fourth-order valence-electron chi connectivity index (χ4n) is 1.65. The van der Waals surface area contributed by atoms with Gasteiger partial charge in [0.25, 0.3) is 5.91 Å². The summed E-state index contributed by atoms with van der Waals surface area (Å²) in [4.78, 5) is 16.8. The fourth-order valence-corrected chi connectivity index (χ4v) is 1.65. The van der Waals surface area contributed by atoms with Gasteiger partial charge in [0.15, 0.2) is 0 Å². The van der Waals surface area contributed by atoms with Crippen molar-refractivity contribution in [2.45, 2.75) is 0 Å². The van der Waals surface area contributed by atoms with E-state index in [-0.39, 0.29) is 5.91 Å². The van der Waals surface area contributed by atoms with Crippen molar-refractivity contribution in [2.24, 2.45) is 4.99 Å². The maximum atomic E-state index is 11.0. The van der Waals surface area contributed by atoms with Gasteiger partial charge in [0, 0.05) is 6.54 Å². The van der Waals surface area contributed by atoms with Crippen molar-refractivity contribution in [2.75, 3.05) is 16.8 Å². The number of amides is 1. The van der Waals surface area contributed by atoms with Gasteiger partial charge >= 0.3 is 0 Å². The van der Waals surface area contributed by atoms with Crippen molar-refractivity contribution >= 4 is 23.2 Å². The Kier molecular flexibility index (Phi) is 1.39. The first kappa shape index (κ1) is 7.55. The van der Waals surface area contributed by atoms with E-state index in [9.17, 15) is 4.79 Å². The fraction of sp³-hybridized carbons (Fsp3) is 0.100. The molecule has 1 amide bonds. The molecule has 0 unspecified atom stereocenters. The number of guanidine groups is 1. The van der Waals surface area contributed by atoms with E-state index in [2.05, 4.69) is 16.7 Å². The molecule has 0 fully saturated rings. The van der Waals surface area contributed by atoms with Crippen LogP contribution in [0.3, 0.4) is 0 Å². The predicted octanol–water partition coefficient (Wildman–Crippen LogP) is 0.896. The van der Waals surface area contributed by atoms with Crippen molar-refractivity contribution in [3.05, 3.63) is 30.7 Å². The highest BCUT2D eigenvalue weighted by Gasteiger charge is 2.29. The van der Waals surface area contributed by atoms with Crippen molar-refractivity contribution < 1.29 is 4.79 Å². The molecule has 3 rings (SSSR count). The summed E-state index contributed by atoms with van der Waals surface area (Å²) < 4.78 is 0. The van der Waals surface area contributed by atoms with E-state index < -0.39 is 0 Å². The summed E-state index contributed by atoms with van der Waals surface area (Å²) in [6.45, 7) is 0.474. The molecular formula is C10H7N3O. The second-order valence-electron chi connectivity index (χ2n) is 3.15. The lowest BCUT2D eigenvalue weighted by Gasteiger charge is -2.20. The van der Waals surface area contributed by atoms with Crippen LogP contribution in [-0.4, -0.2) is 18.4 Å². The van der Waals surface area contributed by atoms with Gasteiger partial charge in [-0.25, -0.2) is 0 Å². The molecule has 2 heterocycles. The molecule has 0 spiro atoms. The molecule has 14 heavy (non-hydrogen) atoms. The van der Waals surface area contributed by atoms with Crippen LogP contribution in [0.2, 0.25) is 0 Å². The van der Waals surface area contributed by atoms with Gasteiger partial charge in [-0.1, -0.05) is 12.1 Å². The minimum Gasteiger partial charge on any atom is -0.324 e. The molecule has 1 aromatic rings. The molecule has 0 atom stereocenters. The molecule has 1 N–H and O–H groups in total. The molecule has 0 bridgehead atoms. The van der Waals surface area contributed by atoms with E-state index in [0.29, 0.717) is 12.5 Å². The summed E-state index contributed by atoms with van der Waals surface area (Å²) in [5.41, 5.74) is 2.04. The second-order valence-corrected chi connectivity index (χ2v) is 3.15. The minimum absolute atomic E-state index is 0.295. The lowest BCUT2D eigenvalue weighted by molar-refractivity contribution is -0.114. The maximum Gasteiger partial charge on any atom is 0.259 e. The zero-order valence-electron chi connectivity index (χ0n) is 7.32. The summed E-state index contributed by atoms with van der Waals surface area (Å²) in [6.07, 6.45) is 2.65. The molecule has 0 aliphatic carbocycles. The SMILES string of the molecule is O=C1[C]CN2C(=N1)Nc1ccccc12. The Morgan fingerprint density at radius 3 is 3.21 bits per heavy atom. The number of carbonyl (C=O) groups is 1. The normalized spacial score (nSPS) is 18.4. The molecule has 4 nitrogen and oxygen atoms in total. The minimum atomic E-state index is -0.295. The maximum absolute atomic E-state index is 11.0. The van der Waals surface area contributed by atoms with E-state index >= 15 is 0 Å². The molecule has 2 radical (unpaired) electrons. The van der Waals surface area contributed by atoms with Crippen molar-refractivity contribution in [3.63, 3.8) is 0 Å². The number of anilines is 2. The zero-order valence-corrected chi connectivity index (χ0v) is 7.32. The number of carbonyl (C=O) groups excluding carboxylic acids is 1. The number of fused-ring (bicyclic) bond motifs is 3. The highest BCUT2D eigenvalue weighted by molar-refractivity contribution is 6.20. The molecule has 0 saturated carbocycles. The van der Waals surface area contributed by atoms with Gasteiger partial charge in [-0.2, -0.15) is 4.99 Å². The van der Waals surface area contributed by atoms with Gasteiger partial charge < -0.3 is 10.2 Å². The Morgan fingerprint density at radius 2 is 2.29 bits per heavy atom. The monoisotopic (exact) mass is 185 g/mol. The number of aliphatic imine (C=N–C) groups is 1. The summed E-state index contributed by atoms with van der Waals surface area (Å²) in [5, 5.41) is 3.08. The van der Waals surface area contributed by atoms with Crippen LogP contribution in [0.1, 0.15) is 0 Å². The van der Waals surface area contributed by atoms with Gasteiger partial charge in [0.05, 0.1) is 11.4 Å². The summed E-state index contributed by atoms with van der Waals surface area (Å²) in [6, 6.07) is 7.85. The zero-order chi connectivity index (χ0) is 9.54. The lowest BCUT2D eigenvalue weighted by atomic mass is 10.2. The molecule has 4 heteroatoms. The topological polar surface area (TPSA) is 44.7 Å². The smallest absolute Gasteiger partial charge is 0.259 e. The molecule has 0 aromatic heterocycles. The number of rotatable bonds is 0. The van der Waals surface area contributed by atoms with E-state index in [1.165, 1.54) is 0 Å². The van der Waals surface area contributed by atoms with Crippen LogP contribution in [0, 0.1) is 6.42 Å². The first-order valence-corrected chi connectivity index (χ1v) is 4.35. The van der Waals surface area contributed by atoms with Gasteiger partial charge in [0.2, 0.25) is 5.96 Å². The first-order chi connectivity index (χ1) is 6.84. The molecule has 0 saturated heterocycles. The Bertz CT molecular complexity index is 439. The highest BCUT2D eigenvalue weighted by Crippen LogP contribution is 2.32. The van der Waals surface area contributed by atoms with Crippen molar-refractivity contribution in [1.82, 2.24) is 0 Å². The summed E-state index contributed by atoms with van der Waals surface area (Å²) in [5.74, 6) is 0.312. The van der Waals surface area contributed by atoms with Crippen LogP contribution in [0.15, 0.2) is 29.3 Å². The molecule has 2 aliphatic heterocycles. The average Bonchev–Trinajstić information content (AvgIpc) is 2.54. The van der Waals surface area contributed by atoms with Crippen molar-refractivity contribution in [3.8, 4) is 0 Å². The van der Waals surface area contributed by atoms with Gasteiger partial charge in [-0.15, -0.1) is 0 Å². The Morgan fingerprint density at radius 1 is 1.43 bits per heavy atom. The number of nitrogens with one attached hydrogen (secondary N) is 1. The summed E-state index contributed by atoms with van der Waals surface area (Å²) >= 11 is 0. The van der Waals surface area contributed by atoms with Crippen molar-refractivity contribution in [1.29, 1.82) is 0 Å². The van der Waals surface area contributed by atoms with Crippen LogP contribution in [0.5, 0.6) is 0 Å². The van der Waals surface area contributed by atoms with Gasteiger partial charge in [-0.3, -0.25) is 4.79 Å². The molecule has 68 valence electrons. The lowest BCUT2D eigenvalue weighted by Crippen LogP contribution is -2.37. The Balaban J connectivity index is 2.11. The Labute approximate surface area is 81.2 Å². The molecular weight excluding hydrogens is 178 g/mol. The van der Waals surface area contributed by atoms with Crippen LogP contribution in [-0.2, 0) is 4.79 Å². The second kappa shape index (κ2) is 2.57. The van der Waals surface area contributed by atoms with Crippen LogP contribution in [0.25, 0.3) is 0 Å². The van der Waals surface area contributed by atoms with Crippen LogP contribution < -0.4 is 10.2 Å². The number of hydrogen-bond acceptors (Lipinski definition) is 3. The molecule has 1 aromatic carbocycles. The largest absolute Gasteiger partial charge is 0.324 e. The van der Waals surface area contributed by atoms with Crippen LogP contribution in [0.4, 0.5) is 11.4 Å². The third kappa shape index (κ3) is 0.937. The number of para-hydroxylation sites is 2. The van der Waals surface area contributed by atoms with E-state index in [0.717, 1.165) is 11.4 Å². The predicted molar refractivity (Wildman–Crippen MR) is 53.1 cm³/mol. The Hall–Kier alpha value is -1.84. The quantitative estimate of drug-likeness (QED) is 0.653. The number of hydrogen-bond donors (Lipinski definition) is 1. The van der Waals surface area contributed by atoms with Crippen LogP contribution >= 0.6 is 0 Å². The van der Waals surface area contributed by atoms with Gasteiger partial charge in [0.1, 0.15) is 6.42 Å².